The Kier molecular flexibility index (Phi) is 1.28. The van der Waals surface area contributed by atoms with Crippen LogP contribution in [0.5, 0.6) is 5.75 Å². The molecule has 12 heavy (non-hydrogen) atoms. The second-order valence-electron chi connectivity index (χ2n) is 2.51. The van der Waals surface area contributed by atoms with Gasteiger partial charge in [-0.25, -0.2) is 0 Å². The number of nitrogens with one attached hydrogen (secondary N) is 1. The molecule has 0 saturated carbocycles. The third-order valence-electron chi connectivity index (χ3n) is 1.79. The molecule has 0 aliphatic carbocycles. The summed E-state index contributed by atoms with van der Waals surface area (Å²) in [4.78, 5) is 2.80. The van der Waals surface area contributed by atoms with Gasteiger partial charge in [0.1, 0.15) is 6.07 Å². The van der Waals surface area contributed by atoms with Crippen molar-refractivity contribution in [3.8, 4) is 11.8 Å². The molecule has 3 heteroatoms. The van der Waals surface area contributed by atoms with Crippen LogP contribution in [0.3, 0.4) is 0 Å². The van der Waals surface area contributed by atoms with Crippen molar-refractivity contribution in [2.75, 3.05) is 0 Å². The maximum atomic E-state index is 9.44. The Morgan fingerprint density at radius 2 is 2.08 bits per heavy atom. The van der Waals surface area contributed by atoms with E-state index in [1.54, 1.807) is 6.07 Å². The predicted octanol–water partition coefficient (Wildman–Crippen LogP) is 1.75. The molecule has 0 spiro atoms. The maximum absolute atomic E-state index is 9.44. The summed E-state index contributed by atoms with van der Waals surface area (Å²) in [6.07, 6.45) is 0. The molecule has 2 N–H and O–H groups in total. The molecule has 2 aromatic rings. The van der Waals surface area contributed by atoms with Crippen molar-refractivity contribution in [3.63, 3.8) is 0 Å². The Morgan fingerprint density at radius 3 is 2.75 bits per heavy atom. The van der Waals surface area contributed by atoms with E-state index in [0.29, 0.717) is 5.39 Å². The second kappa shape index (κ2) is 2.28. The monoisotopic (exact) mass is 158 g/mol. The number of nitrogens with zero attached hydrogens (tertiary/aromatic N) is 1. The van der Waals surface area contributed by atoms with E-state index in [-0.39, 0.29) is 11.4 Å². The minimum absolute atomic E-state index is 0.0353. The van der Waals surface area contributed by atoms with Crippen LogP contribution < -0.4 is 0 Å². The number of aromatic amines is 1. The lowest BCUT2D eigenvalue weighted by Crippen LogP contribution is -1.69. The van der Waals surface area contributed by atoms with E-state index < -0.39 is 0 Å². The van der Waals surface area contributed by atoms with Crippen molar-refractivity contribution < 1.29 is 5.11 Å². The van der Waals surface area contributed by atoms with Gasteiger partial charge >= 0.3 is 0 Å². The van der Waals surface area contributed by atoms with Crippen LogP contribution in [0.25, 0.3) is 10.9 Å². The fourth-order valence-corrected chi connectivity index (χ4v) is 1.21. The summed E-state index contributed by atoms with van der Waals surface area (Å²) < 4.78 is 0. The zero-order chi connectivity index (χ0) is 8.55. The number of aromatic nitrogens is 1. The average Bonchev–Trinajstić information content (AvgIpc) is 2.44. The van der Waals surface area contributed by atoms with Gasteiger partial charge in [-0.05, 0) is 12.1 Å². The number of aromatic hydroxyl groups is 1. The minimum atomic E-state index is 0.0353. The lowest BCUT2D eigenvalue weighted by molar-refractivity contribution is 0.479. The van der Waals surface area contributed by atoms with Crippen molar-refractivity contribution in [1.29, 1.82) is 5.26 Å². The van der Waals surface area contributed by atoms with E-state index in [0.717, 1.165) is 5.52 Å². The van der Waals surface area contributed by atoms with E-state index in [1.165, 1.54) is 0 Å². The van der Waals surface area contributed by atoms with Crippen LogP contribution in [0, 0.1) is 11.3 Å². The standard InChI is InChI=1S/C9H6N2O/c10-5-8-9(12)6-3-1-2-4-7(6)11-8/h1-4,11-12H. The third-order valence-corrected chi connectivity index (χ3v) is 1.79. The molecule has 2 rings (SSSR count). The highest BCUT2D eigenvalue weighted by molar-refractivity contribution is 5.88. The summed E-state index contributed by atoms with van der Waals surface area (Å²) in [6.45, 7) is 0. The number of fused-ring (bicyclic) bond motifs is 1. The van der Waals surface area contributed by atoms with Gasteiger partial charge in [0.25, 0.3) is 0 Å². The third kappa shape index (κ3) is 0.753. The van der Waals surface area contributed by atoms with Gasteiger partial charge in [-0.3, -0.25) is 0 Å². The predicted molar refractivity (Wildman–Crippen MR) is 44.7 cm³/mol. The first-order valence-corrected chi connectivity index (χ1v) is 3.52. The van der Waals surface area contributed by atoms with Crippen molar-refractivity contribution >= 4 is 10.9 Å². The molecule has 3 nitrogen and oxygen atoms in total. The van der Waals surface area contributed by atoms with Crippen LogP contribution in [0.2, 0.25) is 0 Å². The summed E-state index contributed by atoms with van der Waals surface area (Å²) >= 11 is 0. The Balaban J connectivity index is 2.90. The van der Waals surface area contributed by atoms with Crippen molar-refractivity contribution in [2.45, 2.75) is 0 Å². The van der Waals surface area contributed by atoms with Crippen molar-refractivity contribution in [1.82, 2.24) is 4.98 Å². The molecule has 0 atom stereocenters. The van der Waals surface area contributed by atoms with E-state index in [2.05, 4.69) is 4.98 Å². The number of hydrogen-bond donors (Lipinski definition) is 2. The fourth-order valence-electron chi connectivity index (χ4n) is 1.21. The largest absolute Gasteiger partial charge is 0.504 e. The highest BCUT2D eigenvalue weighted by Gasteiger charge is 2.07. The fraction of sp³-hybridized carbons (Fsp3) is 0. The van der Waals surface area contributed by atoms with Gasteiger partial charge in [0.2, 0.25) is 0 Å². The first-order valence-electron chi connectivity index (χ1n) is 3.52. The Bertz CT molecular complexity index is 465. The van der Waals surface area contributed by atoms with Gasteiger partial charge in [-0.15, -0.1) is 0 Å². The molecule has 0 unspecified atom stereocenters. The Morgan fingerprint density at radius 1 is 1.33 bits per heavy atom. The highest BCUT2D eigenvalue weighted by Crippen LogP contribution is 2.27. The molecule has 0 bridgehead atoms. The molecule has 0 aliphatic heterocycles. The molecule has 1 aromatic heterocycles. The molecule has 1 aromatic carbocycles. The topological polar surface area (TPSA) is 59.8 Å². The maximum Gasteiger partial charge on any atom is 0.161 e. The molecule has 1 heterocycles. The van der Waals surface area contributed by atoms with Crippen LogP contribution in [-0.4, -0.2) is 10.1 Å². The number of rotatable bonds is 0. The quantitative estimate of drug-likeness (QED) is 0.613. The van der Waals surface area contributed by atoms with Gasteiger partial charge in [-0.1, -0.05) is 12.1 Å². The average molecular weight is 158 g/mol. The van der Waals surface area contributed by atoms with Crippen LogP contribution in [0.4, 0.5) is 0 Å². The van der Waals surface area contributed by atoms with Gasteiger partial charge in [0, 0.05) is 5.39 Å². The number of benzene rings is 1. The summed E-state index contributed by atoms with van der Waals surface area (Å²) in [5.41, 5.74) is 1.00. The van der Waals surface area contributed by atoms with Crippen LogP contribution >= 0.6 is 0 Å². The molecule has 0 radical (unpaired) electrons. The van der Waals surface area contributed by atoms with Crippen LogP contribution in [0.1, 0.15) is 5.69 Å². The minimum Gasteiger partial charge on any atom is -0.504 e. The smallest absolute Gasteiger partial charge is 0.161 e. The summed E-state index contributed by atoms with van der Waals surface area (Å²) in [7, 11) is 0. The van der Waals surface area contributed by atoms with E-state index in [4.69, 9.17) is 5.26 Å². The second-order valence-corrected chi connectivity index (χ2v) is 2.51. The summed E-state index contributed by atoms with van der Waals surface area (Å²) in [5.74, 6) is 0.0353. The lowest BCUT2D eigenvalue weighted by Gasteiger charge is -1.86. The van der Waals surface area contributed by atoms with Gasteiger partial charge < -0.3 is 10.1 Å². The molecular formula is C9H6N2O. The summed E-state index contributed by atoms with van der Waals surface area (Å²) in [6, 6.07) is 9.12. The normalized spacial score (nSPS) is 9.92. The SMILES string of the molecule is N#Cc1[nH]c2ccccc2c1O. The Labute approximate surface area is 68.9 Å². The van der Waals surface area contributed by atoms with Crippen molar-refractivity contribution in [3.05, 3.63) is 30.0 Å². The van der Waals surface area contributed by atoms with Gasteiger partial charge in [0.05, 0.1) is 5.52 Å². The molecule has 0 fully saturated rings. The number of hydrogen-bond acceptors (Lipinski definition) is 2. The highest BCUT2D eigenvalue weighted by atomic mass is 16.3. The van der Waals surface area contributed by atoms with Gasteiger partial charge in [-0.2, -0.15) is 5.26 Å². The van der Waals surface area contributed by atoms with E-state index >= 15 is 0 Å². The molecule has 0 aliphatic rings. The number of nitriles is 1. The lowest BCUT2D eigenvalue weighted by atomic mass is 10.2. The van der Waals surface area contributed by atoms with Crippen LogP contribution in [0.15, 0.2) is 24.3 Å². The molecule has 58 valence electrons. The summed E-state index contributed by atoms with van der Waals surface area (Å²) in [5, 5.41) is 18.7. The van der Waals surface area contributed by atoms with Crippen LogP contribution in [-0.2, 0) is 0 Å². The first kappa shape index (κ1) is 6.74. The number of H-pyrrole nitrogens is 1. The van der Waals surface area contributed by atoms with Crippen molar-refractivity contribution in [2.24, 2.45) is 0 Å². The van der Waals surface area contributed by atoms with E-state index in [1.807, 2.05) is 24.3 Å². The zero-order valence-electron chi connectivity index (χ0n) is 6.20. The number of para-hydroxylation sites is 1. The Hall–Kier alpha value is -1.95. The zero-order valence-corrected chi connectivity index (χ0v) is 6.20. The first-order chi connectivity index (χ1) is 5.83. The molecule has 0 amide bonds. The van der Waals surface area contributed by atoms with Gasteiger partial charge in [0.15, 0.2) is 11.4 Å². The molecule has 0 saturated heterocycles. The molecular weight excluding hydrogens is 152 g/mol. The van der Waals surface area contributed by atoms with E-state index in [9.17, 15) is 5.11 Å².